The highest BCUT2D eigenvalue weighted by Crippen LogP contribution is 2.08. The van der Waals surface area contributed by atoms with E-state index in [2.05, 4.69) is 10.5 Å². The molecule has 0 saturated carbocycles. The molecule has 0 atom stereocenters. The van der Waals surface area contributed by atoms with Crippen LogP contribution in [0.2, 0.25) is 0 Å². The molecule has 0 saturated heterocycles. The van der Waals surface area contributed by atoms with Crippen LogP contribution in [0.3, 0.4) is 0 Å². The molecule has 2 amide bonds. The summed E-state index contributed by atoms with van der Waals surface area (Å²) in [6, 6.07) is 11.0. The Morgan fingerprint density at radius 3 is 2.58 bits per heavy atom. The molecule has 1 N–H and O–H groups in total. The first-order valence-electron chi connectivity index (χ1n) is 7.72. The van der Waals surface area contributed by atoms with E-state index in [1.165, 1.54) is 11.0 Å². The molecule has 6 heteroatoms. The topological polar surface area (TPSA) is 75.4 Å². The molecule has 6 nitrogen and oxygen atoms in total. The Morgan fingerprint density at radius 1 is 1.29 bits per heavy atom. The van der Waals surface area contributed by atoms with E-state index >= 15 is 0 Å². The van der Waals surface area contributed by atoms with E-state index in [-0.39, 0.29) is 24.4 Å². The van der Waals surface area contributed by atoms with Crippen LogP contribution in [-0.4, -0.2) is 34.5 Å². The lowest BCUT2D eigenvalue weighted by Gasteiger charge is -2.24. The summed E-state index contributed by atoms with van der Waals surface area (Å²) in [5.74, 6) is 0.403. The zero-order chi connectivity index (χ0) is 17.5. The SMILES string of the molecule is Cc1cc(NC(=O)CN(C(=O)C=Cc2ccccc2)C(C)C)no1. The monoisotopic (exact) mass is 327 g/mol. The van der Waals surface area contributed by atoms with Gasteiger partial charge in [-0.05, 0) is 32.4 Å². The fourth-order valence-corrected chi connectivity index (χ4v) is 2.10. The molecular weight excluding hydrogens is 306 g/mol. The van der Waals surface area contributed by atoms with Crippen molar-refractivity contribution in [2.24, 2.45) is 0 Å². The van der Waals surface area contributed by atoms with Gasteiger partial charge in [0.15, 0.2) is 5.82 Å². The molecule has 0 radical (unpaired) electrons. The average Bonchev–Trinajstić information content (AvgIpc) is 2.96. The fraction of sp³-hybridized carbons (Fsp3) is 0.278. The van der Waals surface area contributed by atoms with Gasteiger partial charge < -0.3 is 14.7 Å². The van der Waals surface area contributed by atoms with Crippen LogP contribution in [0.4, 0.5) is 5.82 Å². The number of nitrogens with zero attached hydrogens (tertiary/aromatic N) is 2. The minimum absolute atomic E-state index is 0.0540. The Hall–Kier alpha value is -2.89. The van der Waals surface area contributed by atoms with E-state index in [0.717, 1.165) is 5.56 Å². The number of benzene rings is 1. The summed E-state index contributed by atoms with van der Waals surface area (Å²) in [5.41, 5.74) is 0.928. The van der Waals surface area contributed by atoms with Crippen molar-refractivity contribution < 1.29 is 14.1 Å². The van der Waals surface area contributed by atoms with Crippen molar-refractivity contribution in [3.8, 4) is 0 Å². The molecule has 1 aromatic carbocycles. The Morgan fingerprint density at radius 2 is 2.00 bits per heavy atom. The van der Waals surface area contributed by atoms with E-state index in [1.807, 2.05) is 44.2 Å². The highest BCUT2D eigenvalue weighted by Gasteiger charge is 2.18. The standard InChI is InChI=1S/C18H21N3O3/c1-13(2)21(12-17(22)19-16-11-14(3)24-20-16)18(23)10-9-15-7-5-4-6-8-15/h4-11,13H,12H2,1-3H3,(H,19,20,22). The molecule has 1 aromatic heterocycles. The lowest BCUT2D eigenvalue weighted by atomic mass is 10.2. The second-order valence-corrected chi connectivity index (χ2v) is 5.67. The molecule has 1 heterocycles. The van der Waals surface area contributed by atoms with Gasteiger partial charge in [-0.3, -0.25) is 9.59 Å². The predicted octanol–water partition coefficient (Wildman–Crippen LogP) is 2.87. The van der Waals surface area contributed by atoms with E-state index in [0.29, 0.717) is 11.6 Å². The van der Waals surface area contributed by atoms with Crippen molar-refractivity contribution in [3.05, 3.63) is 53.8 Å². The molecule has 0 aliphatic carbocycles. The zero-order valence-corrected chi connectivity index (χ0v) is 14.0. The fourth-order valence-electron chi connectivity index (χ4n) is 2.10. The van der Waals surface area contributed by atoms with E-state index in [9.17, 15) is 9.59 Å². The van der Waals surface area contributed by atoms with Crippen LogP contribution in [0.1, 0.15) is 25.2 Å². The molecule has 0 unspecified atom stereocenters. The second kappa shape index (κ2) is 8.10. The van der Waals surface area contributed by atoms with Gasteiger partial charge in [-0.25, -0.2) is 0 Å². The molecule has 0 aliphatic rings. The molecule has 0 bridgehead atoms. The number of hydrogen-bond donors (Lipinski definition) is 1. The molecule has 24 heavy (non-hydrogen) atoms. The maximum absolute atomic E-state index is 12.4. The van der Waals surface area contributed by atoms with Crippen molar-refractivity contribution >= 4 is 23.7 Å². The number of carbonyl (C=O) groups is 2. The number of nitrogens with one attached hydrogen (secondary N) is 1. The Bertz CT molecular complexity index is 720. The summed E-state index contributed by atoms with van der Waals surface area (Å²) in [6.45, 7) is 5.41. The number of aryl methyl sites for hydroxylation is 1. The summed E-state index contributed by atoms with van der Waals surface area (Å²) in [5, 5.41) is 6.32. The van der Waals surface area contributed by atoms with Gasteiger partial charge in [0.2, 0.25) is 11.8 Å². The quantitative estimate of drug-likeness (QED) is 0.828. The van der Waals surface area contributed by atoms with E-state index in [4.69, 9.17) is 4.52 Å². The summed E-state index contributed by atoms with van der Waals surface area (Å²) < 4.78 is 4.90. The van der Waals surface area contributed by atoms with Gasteiger partial charge in [-0.1, -0.05) is 35.5 Å². The number of anilines is 1. The zero-order valence-electron chi connectivity index (χ0n) is 14.0. The van der Waals surface area contributed by atoms with Crippen LogP contribution < -0.4 is 5.32 Å². The number of aromatic nitrogens is 1. The van der Waals surface area contributed by atoms with Crippen molar-refractivity contribution in [2.75, 3.05) is 11.9 Å². The maximum atomic E-state index is 12.4. The van der Waals surface area contributed by atoms with Crippen molar-refractivity contribution in [1.29, 1.82) is 0 Å². The Balaban J connectivity index is 1.99. The van der Waals surface area contributed by atoms with Crippen LogP contribution >= 0.6 is 0 Å². The summed E-state index contributed by atoms with van der Waals surface area (Å²) >= 11 is 0. The lowest BCUT2D eigenvalue weighted by Crippen LogP contribution is -2.41. The third kappa shape index (κ3) is 5.08. The van der Waals surface area contributed by atoms with Crippen LogP contribution in [0.5, 0.6) is 0 Å². The highest BCUT2D eigenvalue weighted by molar-refractivity contribution is 5.97. The molecule has 0 spiro atoms. The molecule has 0 aliphatic heterocycles. The molecule has 2 rings (SSSR count). The predicted molar refractivity (Wildman–Crippen MR) is 92.2 cm³/mol. The van der Waals surface area contributed by atoms with Gasteiger partial charge in [0.1, 0.15) is 12.3 Å². The minimum atomic E-state index is -0.321. The smallest absolute Gasteiger partial charge is 0.247 e. The molecular formula is C18H21N3O3. The Kier molecular flexibility index (Phi) is 5.89. The average molecular weight is 327 g/mol. The third-order valence-electron chi connectivity index (χ3n) is 3.33. The molecule has 2 aromatic rings. The minimum Gasteiger partial charge on any atom is -0.360 e. The number of hydrogen-bond acceptors (Lipinski definition) is 4. The van der Waals surface area contributed by atoms with E-state index in [1.54, 1.807) is 19.1 Å². The first-order valence-corrected chi connectivity index (χ1v) is 7.72. The molecule has 126 valence electrons. The van der Waals surface area contributed by atoms with Gasteiger partial charge in [0.05, 0.1) is 0 Å². The normalized spacial score (nSPS) is 11.0. The third-order valence-corrected chi connectivity index (χ3v) is 3.33. The van der Waals surface area contributed by atoms with Crippen LogP contribution in [0.15, 0.2) is 47.0 Å². The summed E-state index contributed by atoms with van der Waals surface area (Å²) in [4.78, 5) is 26.0. The first-order chi connectivity index (χ1) is 11.5. The number of carbonyl (C=O) groups excluding carboxylic acids is 2. The van der Waals surface area contributed by atoms with Crippen molar-refractivity contribution in [2.45, 2.75) is 26.8 Å². The van der Waals surface area contributed by atoms with Gasteiger partial charge in [0.25, 0.3) is 0 Å². The van der Waals surface area contributed by atoms with Gasteiger partial charge in [-0.15, -0.1) is 0 Å². The summed E-state index contributed by atoms with van der Waals surface area (Å²) in [7, 11) is 0. The largest absolute Gasteiger partial charge is 0.360 e. The highest BCUT2D eigenvalue weighted by atomic mass is 16.5. The second-order valence-electron chi connectivity index (χ2n) is 5.67. The van der Waals surface area contributed by atoms with E-state index < -0.39 is 0 Å². The van der Waals surface area contributed by atoms with Crippen LogP contribution in [-0.2, 0) is 9.59 Å². The molecule has 0 fully saturated rings. The van der Waals surface area contributed by atoms with Gasteiger partial charge in [-0.2, -0.15) is 0 Å². The van der Waals surface area contributed by atoms with Crippen LogP contribution in [0.25, 0.3) is 6.08 Å². The number of amides is 2. The summed E-state index contributed by atoms with van der Waals surface area (Å²) in [6.07, 6.45) is 3.21. The van der Waals surface area contributed by atoms with Gasteiger partial charge >= 0.3 is 0 Å². The Labute approximate surface area is 141 Å². The number of rotatable bonds is 6. The van der Waals surface area contributed by atoms with Crippen LogP contribution in [0, 0.1) is 6.92 Å². The first kappa shape index (κ1) is 17.5. The lowest BCUT2D eigenvalue weighted by molar-refractivity contribution is -0.132. The van der Waals surface area contributed by atoms with Gasteiger partial charge in [0, 0.05) is 18.2 Å². The van der Waals surface area contributed by atoms with Crippen molar-refractivity contribution in [3.63, 3.8) is 0 Å². The maximum Gasteiger partial charge on any atom is 0.247 e. The van der Waals surface area contributed by atoms with Crippen molar-refractivity contribution in [1.82, 2.24) is 10.1 Å².